The fourth-order valence-electron chi connectivity index (χ4n) is 2.66. The Morgan fingerprint density at radius 1 is 0.962 bits per heavy atom. The molecule has 0 radical (unpaired) electrons. The van der Waals surface area contributed by atoms with Crippen LogP contribution in [0, 0.1) is 0 Å². The minimum absolute atomic E-state index is 0.663. The maximum absolute atomic E-state index is 5.88. The van der Waals surface area contributed by atoms with Gasteiger partial charge in [-0.25, -0.2) is 0 Å². The van der Waals surface area contributed by atoms with Crippen LogP contribution in [0.2, 0.25) is 0 Å². The molecule has 0 spiro atoms. The van der Waals surface area contributed by atoms with E-state index in [1.807, 2.05) is 24.3 Å². The third-order valence-electron chi connectivity index (χ3n) is 4.13. The number of benzene rings is 2. The summed E-state index contributed by atoms with van der Waals surface area (Å²) < 4.78 is 5.88. The molecule has 2 aromatic rings. The van der Waals surface area contributed by atoms with Crippen molar-refractivity contribution in [1.82, 2.24) is 5.32 Å². The van der Waals surface area contributed by atoms with Gasteiger partial charge in [-0.2, -0.15) is 0 Å². The Morgan fingerprint density at radius 3 is 2.62 bits per heavy atom. The Bertz CT molecular complexity index is 646. The Hall–Kier alpha value is -2.07. The smallest absolute Gasteiger partial charge is 0.170 e. The van der Waals surface area contributed by atoms with Gasteiger partial charge in [-0.1, -0.05) is 49.7 Å². The lowest BCUT2D eigenvalue weighted by Crippen LogP contribution is -2.29. The first-order valence-corrected chi connectivity index (χ1v) is 10.0. The van der Waals surface area contributed by atoms with Crippen LogP contribution in [-0.4, -0.2) is 18.3 Å². The molecule has 26 heavy (non-hydrogen) atoms. The summed E-state index contributed by atoms with van der Waals surface area (Å²) in [6.07, 6.45) is 6.87. The van der Waals surface area contributed by atoms with Crippen molar-refractivity contribution < 1.29 is 4.74 Å². The number of aryl methyl sites for hydroxylation is 1. The van der Waals surface area contributed by atoms with E-state index in [1.54, 1.807) is 0 Å². The van der Waals surface area contributed by atoms with Crippen LogP contribution in [0.15, 0.2) is 54.6 Å². The van der Waals surface area contributed by atoms with E-state index < -0.39 is 0 Å². The summed E-state index contributed by atoms with van der Waals surface area (Å²) in [5.41, 5.74) is 2.37. The highest BCUT2D eigenvalue weighted by atomic mass is 32.1. The average molecular weight is 371 g/mol. The number of thiocarbonyl (C=S) groups is 1. The van der Waals surface area contributed by atoms with Gasteiger partial charge in [0.2, 0.25) is 0 Å². The Labute approximate surface area is 163 Å². The van der Waals surface area contributed by atoms with Gasteiger partial charge in [0.05, 0.1) is 6.61 Å². The standard InChI is InChI=1S/C22H30N2OS/c1-2-3-16-23-22(26)24-20-14-10-15-21(18-20)25-17-9-5-8-13-19-11-6-4-7-12-19/h4,6-7,10-12,14-15,18H,2-3,5,8-9,13,16-17H2,1H3,(H2,23,24,26). The third kappa shape index (κ3) is 8.34. The van der Waals surface area contributed by atoms with E-state index in [9.17, 15) is 0 Å². The van der Waals surface area contributed by atoms with Gasteiger partial charge in [-0.05, 0) is 62.0 Å². The highest BCUT2D eigenvalue weighted by molar-refractivity contribution is 7.80. The van der Waals surface area contributed by atoms with Crippen molar-refractivity contribution in [3.8, 4) is 5.75 Å². The van der Waals surface area contributed by atoms with Gasteiger partial charge in [0.25, 0.3) is 0 Å². The number of hydrogen-bond donors (Lipinski definition) is 2. The minimum atomic E-state index is 0.663. The second-order valence-electron chi connectivity index (χ2n) is 6.41. The zero-order chi connectivity index (χ0) is 18.5. The van der Waals surface area contributed by atoms with E-state index in [0.717, 1.165) is 50.3 Å². The number of rotatable bonds is 11. The molecule has 2 rings (SSSR count). The summed E-state index contributed by atoms with van der Waals surface area (Å²) >= 11 is 5.31. The topological polar surface area (TPSA) is 33.3 Å². The first-order valence-electron chi connectivity index (χ1n) is 9.59. The largest absolute Gasteiger partial charge is 0.494 e. The summed E-state index contributed by atoms with van der Waals surface area (Å²) in [5, 5.41) is 7.08. The second kappa shape index (κ2) is 12.3. The van der Waals surface area contributed by atoms with Crippen molar-refractivity contribution >= 4 is 23.0 Å². The molecule has 0 aliphatic carbocycles. The molecule has 2 N–H and O–H groups in total. The van der Waals surface area contributed by atoms with Crippen LogP contribution >= 0.6 is 12.2 Å². The van der Waals surface area contributed by atoms with Gasteiger partial charge in [0.1, 0.15) is 5.75 Å². The second-order valence-corrected chi connectivity index (χ2v) is 6.82. The van der Waals surface area contributed by atoms with Crippen molar-refractivity contribution in [3.63, 3.8) is 0 Å². The number of unbranched alkanes of at least 4 members (excludes halogenated alkanes) is 3. The zero-order valence-corrected chi connectivity index (χ0v) is 16.5. The van der Waals surface area contributed by atoms with Gasteiger partial charge in [-0.15, -0.1) is 0 Å². The van der Waals surface area contributed by atoms with E-state index >= 15 is 0 Å². The minimum Gasteiger partial charge on any atom is -0.494 e. The maximum atomic E-state index is 5.88. The van der Waals surface area contributed by atoms with E-state index in [2.05, 4.69) is 47.9 Å². The quantitative estimate of drug-likeness (QED) is 0.400. The molecule has 3 nitrogen and oxygen atoms in total. The first kappa shape index (κ1) is 20.2. The third-order valence-corrected chi connectivity index (χ3v) is 4.38. The summed E-state index contributed by atoms with van der Waals surface area (Å²) in [7, 11) is 0. The Morgan fingerprint density at radius 2 is 1.81 bits per heavy atom. The predicted molar refractivity (Wildman–Crippen MR) is 115 cm³/mol. The molecule has 140 valence electrons. The van der Waals surface area contributed by atoms with Crippen molar-refractivity contribution in [1.29, 1.82) is 0 Å². The molecule has 0 heterocycles. The van der Waals surface area contributed by atoms with Crippen LogP contribution in [0.5, 0.6) is 5.75 Å². The molecule has 0 saturated carbocycles. The van der Waals surface area contributed by atoms with Crippen molar-refractivity contribution in [2.75, 3.05) is 18.5 Å². The molecule has 0 amide bonds. The fraction of sp³-hybridized carbons (Fsp3) is 0.409. The monoisotopic (exact) mass is 370 g/mol. The molecule has 0 fully saturated rings. The zero-order valence-electron chi connectivity index (χ0n) is 15.7. The summed E-state index contributed by atoms with van der Waals surface area (Å²) in [6, 6.07) is 18.6. The van der Waals surface area contributed by atoms with E-state index in [4.69, 9.17) is 17.0 Å². The highest BCUT2D eigenvalue weighted by Gasteiger charge is 2.00. The molecule has 0 atom stereocenters. The Balaban J connectivity index is 1.62. The lowest BCUT2D eigenvalue weighted by molar-refractivity contribution is 0.305. The van der Waals surface area contributed by atoms with Crippen molar-refractivity contribution in [2.24, 2.45) is 0 Å². The lowest BCUT2D eigenvalue weighted by atomic mass is 10.1. The number of nitrogens with one attached hydrogen (secondary N) is 2. The van der Waals surface area contributed by atoms with Crippen molar-refractivity contribution in [2.45, 2.75) is 45.4 Å². The van der Waals surface area contributed by atoms with Gasteiger partial charge >= 0.3 is 0 Å². The van der Waals surface area contributed by atoms with Crippen LogP contribution < -0.4 is 15.4 Å². The van der Waals surface area contributed by atoms with E-state index in [0.29, 0.717) is 5.11 Å². The molecular formula is C22H30N2OS. The van der Waals surface area contributed by atoms with Gasteiger partial charge in [0.15, 0.2) is 5.11 Å². The lowest BCUT2D eigenvalue weighted by Gasteiger charge is -2.12. The first-order chi connectivity index (χ1) is 12.8. The highest BCUT2D eigenvalue weighted by Crippen LogP contribution is 2.18. The average Bonchev–Trinajstić information content (AvgIpc) is 2.66. The summed E-state index contributed by atoms with van der Waals surface area (Å²) in [6.45, 7) is 3.82. The number of anilines is 1. The molecule has 0 saturated heterocycles. The SMILES string of the molecule is CCCCNC(=S)Nc1cccc(OCCCCCc2ccccc2)c1. The molecular weight excluding hydrogens is 340 g/mol. The molecule has 0 aromatic heterocycles. The van der Waals surface area contributed by atoms with Gasteiger partial charge < -0.3 is 15.4 Å². The van der Waals surface area contributed by atoms with Crippen LogP contribution in [-0.2, 0) is 6.42 Å². The van der Waals surface area contributed by atoms with Crippen LogP contribution in [0.1, 0.15) is 44.6 Å². The molecule has 0 aliphatic rings. The fourth-order valence-corrected chi connectivity index (χ4v) is 2.88. The maximum Gasteiger partial charge on any atom is 0.170 e. The number of ether oxygens (including phenoxy) is 1. The van der Waals surface area contributed by atoms with Crippen LogP contribution in [0.3, 0.4) is 0 Å². The summed E-state index contributed by atoms with van der Waals surface area (Å²) in [4.78, 5) is 0. The Kier molecular flexibility index (Phi) is 9.59. The van der Waals surface area contributed by atoms with Gasteiger partial charge in [-0.3, -0.25) is 0 Å². The molecule has 0 bridgehead atoms. The van der Waals surface area contributed by atoms with E-state index in [-0.39, 0.29) is 0 Å². The van der Waals surface area contributed by atoms with Crippen molar-refractivity contribution in [3.05, 3.63) is 60.2 Å². The summed E-state index contributed by atoms with van der Waals surface area (Å²) in [5.74, 6) is 0.884. The van der Waals surface area contributed by atoms with E-state index in [1.165, 1.54) is 18.4 Å². The molecule has 2 aromatic carbocycles. The predicted octanol–water partition coefficient (Wildman–Crippen LogP) is 5.56. The number of hydrogen-bond acceptors (Lipinski definition) is 2. The molecule has 0 aliphatic heterocycles. The van der Waals surface area contributed by atoms with Gasteiger partial charge in [0, 0.05) is 18.3 Å². The van der Waals surface area contributed by atoms with Crippen LogP contribution in [0.4, 0.5) is 5.69 Å². The molecule has 0 unspecified atom stereocenters. The normalized spacial score (nSPS) is 10.3. The molecule has 4 heteroatoms. The van der Waals surface area contributed by atoms with Crippen LogP contribution in [0.25, 0.3) is 0 Å².